The number of benzene rings is 1. The van der Waals surface area contributed by atoms with Crippen LogP contribution in [0.25, 0.3) is 0 Å². The van der Waals surface area contributed by atoms with E-state index in [1.165, 1.54) is 23.7 Å². The molecule has 1 aromatic rings. The van der Waals surface area contributed by atoms with E-state index in [-0.39, 0.29) is 17.9 Å². The van der Waals surface area contributed by atoms with Crippen LogP contribution in [-0.4, -0.2) is 17.7 Å². The van der Waals surface area contributed by atoms with Crippen molar-refractivity contribution in [1.29, 1.82) is 0 Å². The van der Waals surface area contributed by atoms with Crippen molar-refractivity contribution in [3.63, 3.8) is 0 Å². The number of carboxylic acid groups (broad SMARTS) is 1. The molecule has 0 saturated carbocycles. The van der Waals surface area contributed by atoms with Gasteiger partial charge in [0.05, 0.1) is 0 Å². The lowest BCUT2D eigenvalue weighted by molar-refractivity contribution is 0.0692. The Balaban J connectivity index is 2.92. The summed E-state index contributed by atoms with van der Waals surface area (Å²) in [5, 5.41) is 9.34. The van der Waals surface area contributed by atoms with Gasteiger partial charge in [-0.2, -0.15) is 0 Å². The lowest BCUT2D eigenvalue weighted by Crippen LogP contribution is -2.05. The number of carbonyl (C=O) groups is 1. The highest BCUT2D eigenvalue weighted by atomic mass is 35.5. The summed E-state index contributed by atoms with van der Waals surface area (Å²) < 4.78 is 5.31. The Bertz CT molecular complexity index is 427. The van der Waals surface area contributed by atoms with Crippen LogP contribution in [0.3, 0.4) is 0 Å². The predicted octanol–water partition coefficient (Wildman–Crippen LogP) is 3.56. The Morgan fingerprint density at radius 1 is 1.56 bits per heavy atom. The number of hydrogen-bond acceptors (Lipinski definition) is 2. The van der Waals surface area contributed by atoms with Gasteiger partial charge in [-0.05, 0) is 30.7 Å². The summed E-state index contributed by atoms with van der Waals surface area (Å²) in [5.41, 5.74) is 2.25. The van der Waals surface area contributed by atoms with Gasteiger partial charge in [0, 0.05) is 10.6 Å². The van der Waals surface area contributed by atoms with Crippen LogP contribution in [0.1, 0.15) is 17.3 Å². The first-order chi connectivity index (χ1) is 7.54. The molecule has 0 bridgehead atoms. The van der Waals surface area contributed by atoms with E-state index < -0.39 is 5.97 Å². The molecule has 0 atom stereocenters. The fraction of sp³-hybridized carbons (Fsp3) is 0.182. The molecule has 1 aromatic carbocycles. The molecule has 0 saturated heterocycles. The van der Waals surface area contributed by atoms with Crippen molar-refractivity contribution in [2.45, 2.75) is 6.92 Å². The van der Waals surface area contributed by atoms with E-state index in [9.17, 15) is 4.79 Å². The topological polar surface area (TPSA) is 46.5 Å². The van der Waals surface area contributed by atoms with E-state index in [0.29, 0.717) is 5.02 Å². The van der Waals surface area contributed by atoms with E-state index in [1.54, 1.807) is 6.92 Å². The molecular formula is C11H10Cl2O3. The second kappa shape index (κ2) is 5.77. The van der Waals surface area contributed by atoms with Gasteiger partial charge in [0.15, 0.2) is 0 Å². The summed E-state index contributed by atoms with van der Waals surface area (Å²) in [7, 11) is 0. The predicted molar refractivity (Wildman–Crippen MR) is 63.5 cm³/mol. The Morgan fingerprint density at radius 3 is 2.81 bits per heavy atom. The molecule has 0 radical (unpaired) electrons. The van der Waals surface area contributed by atoms with Crippen LogP contribution in [0.15, 0.2) is 29.3 Å². The molecule has 0 aliphatic carbocycles. The lowest BCUT2D eigenvalue weighted by atomic mass is 10.2. The van der Waals surface area contributed by atoms with Crippen molar-refractivity contribution in [2.24, 2.45) is 0 Å². The van der Waals surface area contributed by atoms with Crippen LogP contribution in [0, 0.1) is 0 Å². The maximum atomic E-state index is 10.9. The molecule has 3 nitrogen and oxygen atoms in total. The van der Waals surface area contributed by atoms with E-state index in [2.05, 4.69) is 0 Å². The third-order valence-electron chi connectivity index (χ3n) is 1.82. The minimum Gasteiger partial charge on any atom is -0.488 e. The van der Waals surface area contributed by atoms with Crippen LogP contribution in [0.4, 0.5) is 0 Å². The van der Waals surface area contributed by atoms with Crippen molar-refractivity contribution in [3.05, 3.63) is 39.9 Å². The number of carboxylic acids is 1. The molecular weight excluding hydrogens is 251 g/mol. The molecule has 0 heterocycles. The Kier molecular flexibility index (Phi) is 4.65. The van der Waals surface area contributed by atoms with Gasteiger partial charge in [-0.25, -0.2) is 4.79 Å². The summed E-state index contributed by atoms with van der Waals surface area (Å²) in [6.07, 6.45) is 0. The molecule has 0 aliphatic rings. The molecule has 86 valence electrons. The Morgan fingerprint density at radius 2 is 2.25 bits per heavy atom. The van der Waals surface area contributed by atoms with Crippen molar-refractivity contribution in [2.75, 3.05) is 6.61 Å². The fourth-order valence-electron chi connectivity index (χ4n) is 1.02. The Labute approximate surface area is 103 Å². The van der Waals surface area contributed by atoms with Gasteiger partial charge in [-0.3, -0.25) is 0 Å². The number of aromatic carboxylic acids is 1. The normalized spacial score (nSPS) is 11.3. The van der Waals surface area contributed by atoms with Crippen LogP contribution < -0.4 is 4.74 Å². The van der Waals surface area contributed by atoms with Crippen molar-refractivity contribution in [1.82, 2.24) is 0 Å². The number of hydrogen-bond donors (Lipinski definition) is 1. The molecule has 5 heteroatoms. The molecule has 16 heavy (non-hydrogen) atoms. The second-order valence-electron chi connectivity index (χ2n) is 3.19. The Hall–Kier alpha value is -1.19. The maximum absolute atomic E-state index is 10.9. The average Bonchev–Trinajstić information content (AvgIpc) is 2.25. The molecule has 1 N–H and O–H groups in total. The summed E-state index contributed by atoms with van der Waals surface area (Å²) >= 11 is 11.2. The first-order valence-corrected chi connectivity index (χ1v) is 5.27. The highest BCUT2D eigenvalue weighted by Crippen LogP contribution is 2.23. The zero-order chi connectivity index (χ0) is 12.1. The molecule has 0 aliphatic heterocycles. The van der Waals surface area contributed by atoms with Gasteiger partial charge in [-0.15, -0.1) is 0 Å². The average molecular weight is 261 g/mol. The first-order valence-electron chi connectivity index (χ1n) is 4.46. The minimum absolute atomic E-state index is 0.0757. The monoisotopic (exact) mass is 260 g/mol. The number of ether oxygens (including phenoxy) is 1. The van der Waals surface area contributed by atoms with Gasteiger partial charge >= 0.3 is 5.97 Å². The van der Waals surface area contributed by atoms with E-state index in [4.69, 9.17) is 33.0 Å². The molecule has 0 aromatic heterocycles. The zero-order valence-corrected chi connectivity index (χ0v) is 10.0. The van der Waals surface area contributed by atoms with Crippen LogP contribution in [0.5, 0.6) is 5.75 Å². The largest absolute Gasteiger partial charge is 0.488 e. The molecule has 0 spiro atoms. The zero-order valence-electron chi connectivity index (χ0n) is 8.54. The van der Waals surface area contributed by atoms with Crippen molar-refractivity contribution < 1.29 is 14.6 Å². The number of rotatable bonds is 4. The number of halogens is 2. The molecule has 0 amide bonds. The SMILES string of the molecule is C/C(=C/Cl)COc1cc(Cl)ccc1C(=O)O. The summed E-state index contributed by atoms with van der Waals surface area (Å²) in [6.45, 7) is 2.00. The maximum Gasteiger partial charge on any atom is 0.339 e. The van der Waals surface area contributed by atoms with Crippen LogP contribution in [-0.2, 0) is 0 Å². The standard InChI is InChI=1S/C11H10Cl2O3/c1-7(5-12)6-16-10-4-8(13)2-3-9(10)11(14)15/h2-5H,6H2,1H3,(H,14,15)/b7-5-. The van der Waals surface area contributed by atoms with Gasteiger partial charge in [-0.1, -0.05) is 23.2 Å². The van der Waals surface area contributed by atoms with Crippen LogP contribution >= 0.6 is 23.2 Å². The van der Waals surface area contributed by atoms with Gasteiger partial charge < -0.3 is 9.84 Å². The third kappa shape index (κ3) is 3.43. The van der Waals surface area contributed by atoms with E-state index >= 15 is 0 Å². The smallest absolute Gasteiger partial charge is 0.339 e. The van der Waals surface area contributed by atoms with Crippen molar-refractivity contribution in [3.8, 4) is 5.75 Å². The lowest BCUT2D eigenvalue weighted by Gasteiger charge is -2.09. The highest BCUT2D eigenvalue weighted by molar-refractivity contribution is 6.30. The van der Waals surface area contributed by atoms with Gasteiger partial charge in [0.1, 0.15) is 17.9 Å². The molecule has 1 rings (SSSR count). The summed E-state index contributed by atoms with van der Waals surface area (Å²) in [5.74, 6) is -0.822. The first kappa shape index (κ1) is 12.9. The van der Waals surface area contributed by atoms with E-state index in [0.717, 1.165) is 5.57 Å². The van der Waals surface area contributed by atoms with Gasteiger partial charge in [0.2, 0.25) is 0 Å². The van der Waals surface area contributed by atoms with Crippen LogP contribution in [0.2, 0.25) is 5.02 Å². The third-order valence-corrected chi connectivity index (χ3v) is 2.42. The summed E-state index contributed by atoms with van der Waals surface area (Å²) in [4.78, 5) is 10.9. The fourth-order valence-corrected chi connectivity index (χ4v) is 1.24. The summed E-state index contributed by atoms with van der Waals surface area (Å²) in [6, 6.07) is 4.37. The molecule has 0 fully saturated rings. The minimum atomic E-state index is -1.06. The molecule has 0 unspecified atom stereocenters. The quantitative estimate of drug-likeness (QED) is 0.901. The van der Waals surface area contributed by atoms with Gasteiger partial charge in [0.25, 0.3) is 0 Å². The van der Waals surface area contributed by atoms with Crippen molar-refractivity contribution >= 4 is 29.2 Å². The highest BCUT2D eigenvalue weighted by Gasteiger charge is 2.11. The second-order valence-corrected chi connectivity index (χ2v) is 3.84. The van der Waals surface area contributed by atoms with E-state index in [1.807, 2.05) is 0 Å².